The van der Waals surface area contributed by atoms with E-state index in [2.05, 4.69) is 34.3 Å². The van der Waals surface area contributed by atoms with E-state index in [1.54, 1.807) is 0 Å². The molecule has 3 aromatic rings. The van der Waals surface area contributed by atoms with Gasteiger partial charge < -0.3 is 15.0 Å². The van der Waals surface area contributed by atoms with Gasteiger partial charge in [-0.15, -0.1) is 12.3 Å². The average Bonchev–Trinajstić information content (AvgIpc) is 2.97. The molecule has 1 aliphatic carbocycles. The molecule has 0 amide bonds. The Hall–Kier alpha value is -3.33. The lowest BCUT2D eigenvalue weighted by Gasteiger charge is -2.30. The third kappa shape index (κ3) is 3.23. The average molecular weight is 388 g/mol. The molecule has 0 bridgehead atoms. The van der Waals surface area contributed by atoms with Gasteiger partial charge in [-0.1, -0.05) is 13.8 Å². The Bertz CT molecular complexity index is 1170. The molecular weight excluding hydrogens is 364 g/mol. The van der Waals surface area contributed by atoms with E-state index in [0.29, 0.717) is 36.5 Å². The molecule has 6 heteroatoms. The van der Waals surface area contributed by atoms with Crippen LogP contribution in [0.1, 0.15) is 48.3 Å². The Balaban J connectivity index is 1.96. The van der Waals surface area contributed by atoms with Crippen LogP contribution in [0.4, 0.5) is 5.82 Å². The van der Waals surface area contributed by atoms with Crippen molar-refractivity contribution in [3.05, 3.63) is 41.5 Å². The van der Waals surface area contributed by atoms with Crippen LogP contribution in [0.2, 0.25) is 0 Å². The van der Waals surface area contributed by atoms with Crippen molar-refractivity contribution in [2.45, 2.75) is 40.0 Å². The first kappa shape index (κ1) is 19.0. The number of terminal acetylenes is 1. The molecule has 0 aliphatic heterocycles. The van der Waals surface area contributed by atoms with Gasteiger partial charge in [-0.3, -0.25) is 4.79 Å². The van der Waals surface area contributed by atoms with E-state index in [0.717, 1.165) is 34.3 Å². The van der Waals surface area contributed by atoms with Crippen molar-refractivity contribution in [2.75, 3.05) is 12.3 Å². The second-order valence-electron chi connectivity index (χ2n) is 8.32. The summed E-state index contributed by atoms with van der Waals surface area (Å²) < 4.78 is 8.15. The van der Waals surface area contributed by atoms with E-state index in [9.17, 15) is 4.79 Å². The number of carbonyl (C=O) groups is 1. The van der Waals surface area contributed by atoms with Gasteiger partial charge in [0, 0.05) is 35.7 Å². The summed E-state index contributed by atoms with van der Waals surface area (Å²) in [7, 11) is 0. The number of aryl methyl sites for hydroxylation is 1. The SMILES string of the molecule is C#CCCOc1c(-n2cc(C)c3c2CC(C)(C)CC3=O)ccc2c(N)ncnc12. The van der Waals surface area contributed by atoms with Crippen LogP contribution in [0.25, 0.3) is 16.6 Å². The summed E-state index contributed by atoms with van der Waals surface area (Å²) in [5, 5.41) is 0.723. The maximum atomic E-state index is 12.8. The molecule has 1 aliphatic rings. The molecule has 0 saturated carbocycles. The predicted octanol–water partition coefficient (Wildman–Crippen LogP) is 3.87. The Morgan fingerprint density at radius 3 is 2.86 bits per heavy atom. The standard InChI is InChI=1S/C23H24N4O2/c1-5-6-9-29-21-16(8-7-15-20(21)25-13-26-22(15)24)27-12-14(2)19-17(27)10-23(3,4)11-18(19)28/h1,7-8,12-13H,6,9-11H2,2-4H3,(H2,24,25,26). The Morgan fingerprint density at radius 1 is 1.31 bits per heavy atom. The Labute approximate surface area is 170 Å². The van der Waals surface area contributed by atoms with Gasteiger partial charge in [-0.05, 0) is 36.5 Å². The van der Waals surface area contributed by atoms with Gasteiger partial charge in [0.15, 0.2) is 11.5 Å². The fourth-order valence-corrected chi connectivity index (χ4v) is 4.15. The molecular formula is C23H24N4O2. The maximum absolute atomic E-state index is 12.8. The Morgan fingerprint density at radius 2 is 2.10 bits per heavy atom. The van der Waals surface area contributed by atoms with Crippen molar-refractivity contribution in [2.24, 2.45) is 5.41 Å². The van der Waals surface area contributed by atoms with Gasteiger partial charge in [0.25, 0.3) is 0 Å². The third-order valence-electron chi connectivity index (χ3n) is 5.38. The summed E-state index contributed by atoms with van der Waals surface area (Å²) >= 11 is 0. The predicted molar refractivity (Wildman–Crippen MR) is 113 cm³/mol. The summed E-state index contributed by atoms with van der Waals surface area (Å²) in [5.41, 5.74) is 10.2. The first-order valence-corrected chi connectivity index (χ1v) is 9.66. The molecule has 6 nitrogen and oxygen atoms in total. The molecule has 4 rings (SSSR count). The number of nitrogen functional groups attached to an aromatic ring is 1. The number of anilines is 1. The topological polar surface area (TPSA) is 83.0 Å². The van der Waals surface area contributed by atoms with Crippen LogP contribution in [0, 0.1) is 24.7 Å². The highest BCUT2D eigenvalue weighted by molar-refractivity contribution is 6.01. The van der Waals surface area contributed by atoms with Crippen LogP contribution in [-0.2, 0) is 6.42 Å². The van der Waals surface area contributed by atoms with Crippen LogP contribution in [0.5, 0.6) is 5.75 Å². The van der Waals surface area contributed by atoms with Gasteiger partial charge in [0.2, 0.25) is 0 Å². The van der Waals surface area contributed by atoms with Gasteiger partial charge in [-0.25, -0.2) is 9.97 Å². The van der Waals surface area contributed by atoms with Gasteiger partial charge in [0.05, 0.1) is 12.3 Å². The van der Waals surface area contributed by atoms with Gasteiger partial charge in [0.1, 0.15) is 17.7 Å². The van der Waals surface area contributed by atoms with E-state index in [1.807, 2.05) is 25.3 Å². The van der Waals surface area contributed by atoms with Crippen LogP contribution in [0.3, 0.4) is 0 Å². The molecule has 2 N–H and O–H groups in total. The molecule has 0 saturated heterocycles. The van der Waals surface area contributed by atoms with Crippen molar-refractivity contribution in [3.63, 3.8) is 0 Å². The number of hydrogen-bond donors (Lipinski definition) is 1. The van der Waals surface area contributed by atoms with Crippen molar-refractivity contribution in [3.8, 4) is 23.8 Å². The molecule has 0 fully saturated rings. The number of hydrogen-bond acceptors (Lipinski definition) is 5. The fourth-order valence-electron chi connectivity index (χ4n) is 4.15. The smallest absolute Gasteiger partial charge is 0.169 e. The largest absolute Gasteiger partial charge is 0.488 e. The number of ketones is 1. The zero-order valence-electron chi connectivity index (χ0n) is 17.0. The lowest BCUT2D eigenvalue weighted by molar-refractivity contribution is 0.0910. The highest BCUT2D eigenvalue weighted by Crippen LogP contribution is 2.41. The highest BCUT2D eigenvalue weighted by atomic mass is 16.5. The van der Waals surface area contributed by atoms with Crippen molar-refractivity contribution in [1.29, 1.82) is 0 Å². The monoisotopic (exact) mass is 388 g/mol. The lowest BCUT2D eigenvalue weighted by Crippen LogP contribution is -2.28. The molecule has 0 atom stereocenters. The number of aromatic nitrogens is 3. The number of carbonyl (C=O) groups excluding carboxylic acids is 1. The van der Waals surface area contributed by atoms with E-state index in [4.69, 9.17) is 16.9 Å². The molecule has 148 valence electrons. The van der Waals surface area contributed by atoms with Crippen LogP contribution >= 0.6 is 0 Å². The quantitative estimate of drug-likeness (QED) is 0.542. The number of fused-ring (bicyclic) bond motifs is 2. The van der Waals surface area contributed by atoms with Crippen LogP contribution < -0.4 is 10.5 Å². The number of benzene rings is 1. The van der Waals surface area contributed by atoms with E-state index < -0.39 is 0 Å². The Kier molecular flexibility index (Phi) is 4.54. The first-order valence-electron chi connectivity index (χ1n) is 9.66. The molecule has 2 aromatic heterocycles. The number of ether oxygens (including phenoxy) is 1. The van der Waals surface area contributed by atoms with Crippen molar-refractivity contribution >= 4 is 22.5 Å². The number of rotatable bonds is 4. The number of Topliss-reactive ketones (excluding diaryl/α,β-unsaturated/α-hetero) is 1. The number of nitrogens with zero attached hydrogens (tertiary/aromatic N) is 3. The minimum Gasteiger partial charge on any atom is -0.488 e. The van der Waals surface area contributed by atoms with Crippen molar-refractivity contribution in [1.82, 2.24) is 14.5 Å². The first-order chi connectivity index (χ1) is 13.8. The summed E-state index contributed by atoms with van der Waals surface area (Å²) in [5.74, 6) is 3.77. The van der Waals surface area contributed by atoms with Crippen LogP contribution in [-0.4, -0.2) is 26.9 Å². The van der Waals surface area contributed by atoms with Gasteiger partial charge in [-0.2, -0.15) is 0 Å². The summed E-state index contributed by atoms with van der Waals surface area (Å²) in [4.78, 5) is 21.3. The summed E-state index contributed by atoms with van der Waals surface area (Å²) in [6.07, 6.45) is 10.7. The second-order valence-corrected chi connectivity index (χ2v) is 8.32. The van der Waals surface area contributed by atoms with E-state index >= 15 is 0 Å². The minimum atomic E-state index is -0.0967. The van der Waals surface area contributed by atoms with Crippen LogP contribution in [0.15, 0.2) is 24.7 Å². The molecule has 0 unspecified atom stereocenters. The van der Waals surface area contributed by atoms with Gasteiger partial charge >= 0.3 is 0 Å². The van der Waals surface area contributed by atoms with E-state index in [1.165, 1.54) is 6.33 Å². The third-order valence-corrected chi connectivity index (χ3v) is 5.38. The maximum Gasteiger partial charge on any atom is 0.169 e. The molecule has 0 spiro atoms. The zero-order chi connectivity index (χ0) is 20.8. The van der Waals surface area contributed by atoms with E-state index in [-0.39, 0.29) is 11.2 Å². The summed E-state index contributed by atoms with van der Waals surface area (Å²) in [6.45, 7) is 6.59. The lowest BCUT2D eigenvalue weighted by atomic mass is 9.75. The zero-order valence-corrected chi connectivity index (χ0v) is 17.0. The highest BCUT2D eigenvalue weighted by Gasteiger charge is 2.35. The molecule has 2 heterocycles. The van der Waals surface area contributed by atoms with Crippen molar-refractivity contribution < 1.29 is 9.53 Å². The summed E-state index contributed by atoms with van der Waals surface area (Å²) in [6, 6.07) is 3.84. The number of nitrogens with two attached hydrogens (primary N) is 1. The fraction of sp³-hybridized carbons (Fsp3) is 0.348. The normalized spacial score (nSPS) is 15.2. The second kappa shape index (κ2) is 6.93. The minimum absolute atomic E-state index is 0.0967. The molecule has 0 radical (unpaired) electrons. The molecule has 1 aromatic carbocycles. The molecule has 29 heavy (non-hydrogen) atoms.